The molecule has 1 aromatic carbocycles. The summed E-state index contributed by atoms with van der Waals surface area (Å²) in [6.07, 6.45) is 1.96. The molecule has 140 valence electrons. The number of carbonyl (C=O) groups excluding carboxylic acids is 1. The Labute approximate surface area is 160 Å². The molecule has 0 aromatic heterocycles. The van der Waals surface area contributed by atoms with E-state index in [0.29, 0.717) is 0 Å². The standard InChI is InChI=1S/C20H28N4OS/c1-4-22-11-13-24(14-12-22)20-21-19(25)18(26-20)15-16-7-9-17(10-8-16)23(5-2)6-3/h7-10,15H,4-6,11-14H2,1-3H3/p+1/b18-15-. The SMILES string of the molecule is CCN(CC)c1ccc(/C=C2\SC(N3CC[NH+](CC)CC3)=NC2=O)cc1. The first-order chi connectivity index (χ1) is 12.6. The number of benzene rings is 1. The van der Waals surface area contributed by atoms with Gasteiger partial charge in [0.15, 0.2) is 5.17 Å². The number of amidine groups is 1. The Kier molecular flexibility index (Phi) is 6.38. The van der Waals surface area contributed by atoms with Crippen LogP contribution in [0.4, 0.5) is 5.69 Å². The molecule has 1 amide bonds. The molecule has 1 fully saturated rings. The molecule has 6 heteroatoms. The third-order valence-corrected chi connectivity index (χ3v) is 6.21. The Morgan fingerprint density at radius 1 is 1.15 bits per heavy atom. The van der Waals surface area contributed by atoms with Gasteiger partial charge >= 0.3 is 0 Å². The van der Waals surface area contributed by atoms with Crippen molar-refractivity contribution in [2.75, 3.05) is 50.7 Å². The number of hydrogen-bond donors (Lipinski definition) is 1. The van der Waals surface area contributed by atoms with Crippen LogP contribution in [0, 0.1) is 0 Å². The molecule has 1 N–H and O–H groups in total. The van der Waals surface area contributed by atoms with Crippen molar-refractivity contribution in [3.05, 3.63) is 34.7 Å². The first-order valence-electron chi connectivity index (χ1n) is 9.60. The Morgan fingerprint density at radius 2 is 1.81 bits per heavy atom. The van der Waals surface area contributed by atoms with Crippen LogP contribution in [0.2, 0.25) is 0 Å². The number of anilines is 1. The summed E-state index contributed by atoms with van der Waals surface area (Å²) >= 11 is 1.52. The Bertz CT molecular complexity index is 686. The van der Waals surface area contributed by atoms with Crippen LogP contribution in [-0.4, -0.2) is 61.8 Å². The first kappa shape index (κ1) is 19.0. The van der Waals surface area contributed by atoms with Gasteiger partial charge in [0.2, 0.25) is 0 Å². The highest BCUT2D eigenvalue weighted by Gasteiger charge is 2.29. The molecule has 3 rings (SSSR count). The number of hydrogen-bond acceptors (Lipinski definition) is 4. The number of quaternary nitrogens is 1. The first-order valence-corrected chi connectivity index (χ1v) is 10.4. The molecule has 0 saturated carbocycles. The van der Waals surface area contributed by atoms with Gasteiger partial charge in [0.25, 0.3) is 5.91 Å². The molecule has 0 radical (unpaired) electrons. The number of aliphatic imine (C=N–C) groups is 1. The highest BCUT2D eigenvalue weighted by Crippen LogP contribution is 2.30. The van der Waals surface area contributed by atoms with Gasteiger partial charge in [-0.2, -0.15) is 4.99 Å². The fourth-order valence-corrected chi connectivity index (χ4v) is 4.39. The smallest absolute Gasteiger partial charge is 0.286 e. The quantitative estimate of drug-likeness (QED) is 0.798. The molecular weight excluding hydrogens is 344 g/mol. The lowest BCUT2D eigenvalue weighted by atomic mass is 10.2. The van der Waals surface area contributed by atoms with E-state index in [4.69, 9.17) is 0 Å². The number of thioether (sulfide) groups is 1. The van der Waals surface area contributed by atoms with E-state index in [9.17, 15) is 4.79 Å². The lowest BCUT2D eigenvalue weighted by Gasteiger charge is -2.32. The van der Waals surface area contributed by atoms with Gasteiger partial charge in [0, 0.05) is 18.8 Å². The maximum Gasteiger partial charge on any atom is 0.286 e. The summed E-state index contributed by atoms with van der Waals surface area (Å²) < 4.78 is 0. The number of nitrogens with zero attached hydrogens (tertiary/aromatic N) is 3. The summed E-state index contributed by atoms with van der Waals surface area (Å²) in [4.78, 5) is 23.5. The van der Waals surface area contributed by atoms with Crippen molar-refractivity contribution >= 4 is 34.6 Å². The number of carbonyl (C=O) groups is 1. The molecule has 26 heavy (non-hydrogen) atoms. The largest absolute Gasteiger partial charge is 0.372 e. The molecule has 1 aromatic rings. The van der Waals surface area contributed by atoms with Gasteiger partial charge in [-0.05, 0) is 56.3 Å². The van der Waals surface area contributed by atoms with Crippen molar-refractivity contribution in [2.45, 2.75) is 20.8 Å². The number of amides is 1. The Balaban J connectivity index is 1.65. The predicted octanol–water partition coefficient (Wildman–Crippen LogP) is 1.72. The molecule has 2 aliphatic heterocycles. The van der Waals surface area contributed by atoms with E-state index in [2.05, 4.69) is 59.8 Å². The molecular formula is C20H29N4OS+. The number of nitrogens with one attached hydrogen (secondary N) is 1. The maximum absolute atomic E-state index is 12.3. The van der Waals surface area contributed by atoms with Crippen LogP contribution in [0.3, 0.4) is 0 Å². The van der Waals surface area contributed by atoms with Gasteiger partial charge < -0.3 is 14.7 Å². The topological polar surface area (TPSA) is 40.4 Å². The van der Waals surface area contributed by atoms with Crippen LogP contribution in [0.1, 0.15) is 26.3 Å². The summed E-state index contributed by atoms with van der Waals surface area (Å²) in [5.41, 5.74) is 2.27. The van der Waals surface area contributed by atoms with E-state index in [-0.39, 0.29) is 5.91 Å². The monoisotopic (exact) mass is 373 g/mol. The third kappa shape index (κ3) is 4.30. The summed E-state index contributed by atoms with van der Waals surface area (Å²) in [6, 6.07) is 8.40. The van der Waals surface area contributed by atoms with Crippen molar-refractivity contribution in [3.8, 4) is 0 Å². The van der Waals surface area contributed by atoms with Gasteiger partial charge in [-0.1, -0.05) is 12.1 Å². The zero-order valence-electron chi connectivity index (χ0n) is 16.0. The number of rotatable bonds is 5. The second-order valence-corrected chi connectivity index (χ2v) is 7.67. The van der Waals surface area contributed by atoms with Gasteiger partial charge in [0.1, 0.15) is 0 Å². The predicted molar refractivity (Wildman–Crippen MR) is 111 cm³/mol. The molecule has 2 heterocycles. The maximum atomic E-state index is 12.3. The fraction of sp³-hybridized carbons (Fsp3) is 0.500. The van der Waals surface area contributed by atoms with E-state index < -0.39 is 0 Å². The van der Waals surface area contributed by atoms with Crippen molar-refractivity contribution in [1.82, 2.24) is 4.90 Å². The van der Waals surface area contributed by atoms with Crippen LogP contribution in [-0.2, 0) is 4.79 Å². The molecule has 0 unspecified atom stereocenters. The minimum absolute atomic E-state index is 0.108. The molecule has 0 aliphatic carbocycles. The van der Waals surface area contributed by atoms with Gasteiger partial charge in [-0.15, -0.1) is 0 Å². The summed E-state index contributed by atoms with van der Waals surface area (Å²) in [5.74, 6) is -0.108. The van der Waals surface area contributed by atoms with Crippen molar-refractivity contribution in [1.29, 1.82) is 0 Å². The lowest BCUT2D eigenvalue weighted by Crippen LogP contribution is -3.14. The molecule has 0 spiro atoms. The van der Waals surface area contributed by atoms with Crippen LogP contribution in [0.25, 0.3) is 6.08 Å². The van der Waals surface area contributed by atoms with Crippen LogP contribution in [0.15, 0.2) is 34.2 Å². The van der Waals surface area contributed by atoms with E-state index in [1.807, 2.05) is 6.08 Å². The van der Waals surface area contributed by atoms with Crippen molar-refractivity contribution in [3.63, 3.8) is 0 Å². The highest BCUT2D eigenvalue weighted by molar-refractivity contribution is 8.18. The van der Waals surface area contributed by atoms with E-state index in [0.717, 1.165) is 54.9 Å². The van der Waals surface area contributed by atoms with Gasteiger partial charge in [-0.25, -0.2) is 0 Å². The minimum atomic E-state index is -0.108. The van der Waals surface area contributed by atoms with Crippen LogP contribution < -0.4 is 9.80 Å². The molecule has 0 bridgehead atoms. The Morgan fingerprint density at radius 3 is 2.38 bits per heavy atom. The summed E-state index contributed by atoms with van der Waals surface area (Å²) in [5, 5.41) is 0.871. The van der Waals surface area contributed by atoms with Crippen LogP contribution in [0.5, 0.6) is 0 Å². The lowest BCUT2D eigenvalue weighted by molar-refractivity contribution is -0.902. The van der Waals surface area contributed by atoms with E-state index >= 15 is 0 Å². The molecule has 2 aliphatic rings. The third-order valence-electron chi connectivity index (χ3n) is 5.17. The van der Waals surface area contributed by atoms with Crippen LogP contribution >= 0.6 is 11.8 Å². The summed E-state index contributed by atoms with van der Waals surface area (Å²) in [6.45, 7) is 13.9. The average molecular weight is 374 g/mol. The second-order valence-electron chi connectivity index (χ2n) is 6.66. The van der Waals surface area contributed by atoms with E-state index in [1.54, 1.807) is 4.90 Å². The Hall–Kier alpha value is -1.79. The zero-order valence-corrected chi connectivity index (χ0v) is 16.8. The molecule has 1 saturated heterocycles. The summed E-state index contributed by atoms with van der Waals surface area (Å²) in [7, 11) is 0. The van der Waals surface area contributed by atoms with Gasteiger partial charge in [-0.3, -0.25) is 4.79 Å². The van der Waals surface area contributed by atoms with Gasteiger partial charge in [0.05, 0.1) is 37.6 Å². The minimum Gasteiger partial charge on any atom is -0.372 e. The van der Waals surface area contributed by atoms with Crippen molar-refractivity contribution in [2.24, 2.45) is 4.99 Å². The fourth-order valence-electron chi connectivity index (χ4n) is 3.42. The number of piperazine rings is 1. The normalized spacial score (nSPS) is 20.0. The number of likely N-dealkylation sites (N-methyl/N-ethyl adjacent to an activating group) is 1. The second kappa shape index (κ2) is 8.73. The molecule has 5 nitrogen and oxygen atoms in total. The highest BCUT2D eigenvalue weighted by atomic mass is 32.2. The van der Waals surface area contributed by atoms with Crippen molar-refractivity contribution < 1.29 is 9.69 Å². The zero-order chi connectivity index (χ0) is 18.5. The molecule has 0 atom stereocenters. The van der Waals surface area contributed by atoms with E-state index in [1.165, 1.54) is 24.0 Å². The average Bonchev–Trinajstić information content (AvgIpc) is 3.04.